The van der Waals surface area contributed by atoms with Crippen LogP contribution in [-0.4, -0.2) is 17.2 Å². The molecule has 110 valence electrons. The van der Waals surface area contributed by atoms with Gasteiger partial charge in [0.1, 0.15) is 6.10 Å². The van der Waals surface area contributed by atoms with E-state index in [9.17, 15) is 9.90 Å². The van der Waals surface area contributed by atoms with Crippen LogP contribution >= 0.6 is 0 Å². The summed E-state index contributed by atoms with van der Waals surface area (Å²) in [5.41, 5.74) is 2.70. The first-order chi connectivity index (χ1) is 9.47. The van der Waals surface area contributed by atoms with Crippen molar-refractivity contribution in [1.82, 2.24) is 0 Å². The van der Waals surface area contributed by atoms with Crippen molar-refractivity contribution in [2.24, 2.45) is 5.92 Å². The largest absolute Gasteiger partial charge is 0.460 e. The van der Waals surface area contributed by atoms with Crippen LogP contribution in [-0.2, 0) is 9.53 Å². The lowest BCUT2D eigenvalue weighted by Gasteiger charge is -2.29. The molecule has 1 saturated carbocycles. The summed E-state index contributed by atoms with van der Waals surface area (Å²) in [6.07, 6.45) is 3.08. The Bertz CT molecular complexity index is 461. The van der Waals surface area contributed by atoms with Gasteiger partial charge in [-0.2, -0.15) is 0 Å². The molecule has 0 heterocycles. The van der Waals surface area contributed by atoms with Gasteiger partial charge in [0.15, 0.2) is 6.10 Å². The molecule has 0 aliphatic heterocycles. The summed E-state index contributed by atoms with van der Waals surface area (Å²) in [6, 6.07) is 5.69. The molecule has 0 saturated heterocycles. The number of esters is 1. The molecule has 1 aliphatic rings. The van der Waals surface area contributed by atoms with E-state index in [0.717, 1.165) is 30.4 Å². The van der Waals surface area contributed by atoms with Crippen LogP contribution in [0.25, 0.3) is 0 Å². The van der Waals surface area contributed by atoms with Crippen LogP contribution in [0.2, 0.25) is 0 Å². The average molecular weight is 276 g/mol. The predicted octanol–water partition coefficient (Wildman–Crippen LogP) is 3.46. The van der Waals surface area contributed by atoms with Crippen molar-refractivity contribution in [2.75, 3.05) is 0 Å². The molecular formula is C17H24O3. The summed E-state index contributed by atoms with van der Waals surface area (Å²) in [7, 11) is 0. The zero-order chi connectivity index (χ0) is 14.7. The fourth-order valence-electron chi connectivity index (χ4n) is 2.97. The van der Waals surface area contributed by atoms with E-state index in [-0.39, 0.29) is 6.10 Å². The molecule has 0 radical (unpaired) electrons. The molecule has 1 N–H and O–H groups in total. The third-order valence-electron chi connectivity index (χ3n) is 4.08. The Morgan fingerprint density at radius 3 is 2.40 bits per heavy atom. The van der Waals surface area contributed by atoms with Gasteiger partial charge in [-0.15, -0.1) is 0 Å². The van der Waals surface area contributed by atoms with E-state index in [4.69, 9.17) is 4.74 Å². The van der Waals surface area contributed by atoms with E-state index < -0.39 is 12.1 Å². The number of benzene rings is 1. The molecule has 0 amide bonds. The maximum Gasteiger partial charge on any atom is 0.339 e. The molecule has 3 unspecified atom stereocenters. The number of aliphatic hydroxyl groups excluding tert-OH is 1. The van der Waals surface area contributed by atoms with Gasteiger partial charge in [-0.05, 0) is 44.6 Å². The molecule has 1 aliphatic carbocycles. The van der Waals surface area contributed by atoms with Crippen molar-refractivity contribution in [3.63, 3.8) is 0 Å². The molecule has 0 spiro atoms. The monoisotopic (exact) mass is 276 g/mol. The molecule has 3 nitrogen and oxygen atoms in total. The topological polar surface area (TPSA) is 46.5 Å². The highest BCUT2D eigenvalue weighted by Gasteiger charge is 2.28. The lowest BCUT2D eigenvalue weighted by molar-refractivity contribution is -0.163. The molecule has 1 fully saturated rings. The molecule has 2 rings (SSSR count). The maximum absolute atomic E-state index is 12.1. The Labute approximate surface area is 121 Å². The Kier molecular flexibility index (Phi) is 4.81. The second-order valence-corrected chi connectivity index (χ2v) is 6.06. The summed E-state index contributed by atoms with van der Waals surface area (Å²) in [6.45, 7) is 6.02. The number of rotatable bonds is 3. The number of ether oxygens (including phenoxy) is 1. The first-order valence-electron chi connectivity index (χ1n) is 7.44. The lowest BCUT2D eigenvalue weighted by Crippen LogP contribution is -2.30. The van der Waals surface area contributed by atoms with Crippen LogP contribution in [0.15, 0.2) is 18.2 Å². The van der Waals surface area contributed by atoms with E-state index in [1.54, 1.807) is 0 Å². The standard InChI is InChI=1S/C17H24O3/c1-11-8-12(2)10-14(9-11)16(18)17(19)20-15-7-5-4-6-13(15)3/h8-10,13,15-16,18H,4-7H2,1-3H3. The van der Waals surface area contributed by atoms with E-state index in [1.807, 2.05) is 32.0 Å². The first kappa shape index (κ1) is 15.0. The predicted molar refractivity (Wildman–Crippen MR) is 78.4 cm³/mol. The summed E-state index contributed by atoms with van der Waals surface area (Å²) in [4.78, 5) is 12.1. The highest BCUT2D eigenvalue weighted by molar-refractivity contribution is 5.76. The Morgan fingerprint density at radius 1 is 1.20 bits per heavy atom. The van der Waals surface area contributed by atoms with E-state index in [2.05, 4.69) is 6.92 Å². The summed E-state index contributed by atoms with van der Waals surface area (Å²) < 4.78 is 5.51. The van der Waals surface area contributed by atoms with Crippen molar-refractivity contribution in [2.45, 2.75) is 58.7 Å². The third-order valence-corrected chi connectivity index (χ3v) is 4.08. The number of hydrogen-bond acceptors (Lipinski definition) is 3. The minimum Gasteiger partial charge on any atom is -0.460 e. The molecule has 20 heavy (non-hydrogen) atoms. The third kappa shape index (κ3) is 3.60. The highest BCUT2D eigenvalue weighted by Crippen LogP contribution is 2.28. The molecule has 0 aromatic heterocycles. The van der Waals surface area contributed by atoms with Gasteiger partial charge in [0.25, 0.3) is 0 Å². The zero-order valence-corrected chi connectivity index (χ0v) is 12.6. The number of aliphatic hydroxyl groups is 1. The van der Waals surface area contributed by atoms with Crippen LogP contribution in [0.4, 0.5) is 0 Å². The van der Waals surface area contributed by atoms with Crippen molar-refractivity contribution >= 4 is 5.97 Å². The van der Waals surface area contributed by atoms with Gasteiger partial charge < -0.3 is 9.84 Å². The van der Waals surface area contributed by atoms with Crippen LogP contribution in [0, 0.1) is 19.8 Å². The molecular weight excluding hydrogens is 252 g/mol. The number of carbonyl (C=O) groups is 1. The van der Waals surface area contributed by atoms with Gasteiger partial charge in [-0.25, -0.2) is 4.79 Å². The summed E-state index contributed by atoms with van der Waals surface area (Å²) in [5, 5.41) is 10.2. The number of aryl methyl sites for hydroxylation is 2. The van der Waals surface area contributed by atoms with Crippen LogP contribution in [0.5, 0.6) is 0 Å². The number of carbonyl (C=O) groups excluding carboxylic acids is 1. The van der Waals surface area contributed by atoms with Gasteiger partial charge >= 0.3 is 5.97 Å². The van der Waals surface area contributed by atoms with Gasteiger partial charge in [-0.3, -0.25) is 0 Å². The maximum atomic E-state index is 12.1. The normalized spacial score (nSPS) is 24.2. The van der Waals surface area contributed by atoms with E-state index >= 15 is 0 Å². The van der Waals surface area contributed by atoms with Crippen molar-refractivity contribution < 1.29 is 14.6 Å². The molecule has 3 heteroatoms. The smallest absolute Gasteiger partial charge is 0.339 e. The summed E-state index contributed by atoms with van der Waals surface area (Å²) in [5.74, 6) is -0.132. The average Bonchev–Trinajstić information content (AvgIpc) is 2.39. The lowest BCUT2D eigenvalue weighted by atomic mass is 9.88. The number of hydrogen-bond donors (Lipinski definition) is 1. The fraction of sp³-hybridized carbons (Fsp3) is 0.588. The van der Waals surface area contributed by atoms with Crippen molar-refractivity contribution in [3.05, 3.63) is 34.9 Å². The Morgan fingerprint density at radius 2 is 1.80 bits per heavy atom. The van der Waals surface area contributed by atoms with Gasteiger partial charge in [0, 0.05) is 0 Å². The van der Waals surface area contributed by atoms with Crippen molar-refractivity contribution in [3.8, 4) is 0 Å². The van der Waals surface area contributed by atoms with Gasteiger partial charge in [0.2, 0.25) is 0 Å². The summed E-state index contributed by atoms with van der Waals surface area (Å²) >= 11 is 0. The quantitative estimate of drug-likeness (QED) is 0.860. The molecule has 0 bridgehead atoms. The van der Waals surface area contributed by atoms with E-state index in [0.29, 0.717) is 11.5 Å². The van der Waals surface area contributed by atoms with Crippen LogP contribution in [0.1, 0.15) is 55.4 Å². The van der Waals surface area contributed by atoms with E-state index in [1.165, 1.54) is 6.42 Å². The Balaban J connectivity index is 2.04. The zero-order valence-electron chi connectivity index (χ0n) is 12.6. The Hall–Kier alpha value is -1.35. The van der Waals surface area contributed by atoms with Crippen molar-refractivity contribution in [1.29, 1.82) is 0 Å². The SMILES string of the molecule is Cc1cc(C)cc(C(O)C(=O)OC2CCCCC2C)c1. The van der Waals surface area contributed by atoms with Crippen LogP contribution in [0.3, 0.4) is 0 Å². The second-order valence-electron chi connectivity index (χ2n) is 6.06. The highest BCUT2D eigenvalue weighted by atomic mass is 16.6. The fourth-order valence-corrected chi connectivity index (χ4v) is 2.97. The molecule has 1 aromatic carbocycles. The van der Waals surface area contributed by atoms with Crippen LogP contribution < -0.4 is 0 Å². The second kappa shape index (κ2) is 6.40. The molecule has 3 atom stereocenters. The first-order valence-corrected chi connectivity index (χ1v) is 7.44. The molecule has 1 aromatic rings. The minimum atomic E-state index is -1.18. The van der Waals surface area contributed by atoms with Gasteiger partial charge in [0.05, 0.1) is 0 Å². The minimum absolute atomic E-state index is 0.0446. The van der Waals surface area contributed by atoms with Gasteiger partial charge in [-0.1, -0.05) is 42.7 Å².